The Morgan fingerprint density at radius 2 is 1.87 bits per heavy atom. The van der Waals surface area contributed by atoms with Gasteiger partial charge in [0.25, 0.3) is 5.91 Å². The van der Waals surface area contributed by atoms with Gasteiger partial charge >= 0.3 is 6.18 Å². The Morgan fingerprint density at radius 1 is 1.33 bits per heavy atom. The number of hydrogen-bond acceptors (Lipinski definition) is 1. The van der Waals surface area contributed by atoms with E-state index >= 15 is 0 Å². The molecule has 0 bridgehead atoms. The molecular formula is C9H9BrF3NO. The van der Waals surface area contributed by atoms with E-state index in [0.717, 1.165) is 0 Å². The lowest BCUT2D eigenvalue weighted by Crippen LogP contribution is -2.41. The molecule has 6 heteroatoms. The van der Waals surface area contributed by atoms with Crippen molar-refractivity contribution in [2.75, 3.05) is 13.1 Å². The quantitative estimate of drug-likeness (QED) is 0.624. The Kier molecular flexibility index (Phi) is 4.03. The summed E-state index contributed by atoms with van der Waals surface area (Å²) in [6.07, 6.45) is -4.20. The Hall–Kier alpha value is -0.700. The molecule has 0 unspecified atom stereocenters. The van der Waals surface area contributed by atoms with Gasteiger partial charge in [-0.15, -0.1) is 0 Å². The average Bonchev–Trinajstić information content (AvgIpc) is 2.17. The molecule has 1 aliphatic heterocycles. The maximum Gasteiger partial charge on any atom is 0.391 e. The van der Waals surface area contributed by atoms with Crippen molar-refractivity contribution >= 4 is 21.8 Å². The number of hydrogen-bond donors (Lipinski definition) is 0. The van der Waals surface area contributed by atoms with Gasteiger partial charge in [-0.2, -0.15) is 13.2 Å². The number of rotatable bonds is 0. The molecule has 1 fully saturated rings. The number of halogens is 4. The van der Waals surface area contributed by atoms with Crippen LogP contribution in [0, 0.1) is 16.7 Å². The first-order valence-electron chi connectivity index (χ1n) is 4.42. The van der Waals surface area contributed by atoms with Gasteiger partial charge in [-0.1, -0.05) is 0 Å². The van der Waals surface area contributed by atoms with Gasteiger partial charge < -0.3 is 4.90 Å². The van der Waals surface area contributed by atoms with E-state index in [2.05, 4.69) is 26.7 Å². The van der Waals surface area contributed by atoms with Crippen LogP contribution in [0.15, 0.2) is 0 Å². The zero-order chi connectivity index (χ0) is 11.5. The maximum atomic E-state index is 12.3. The van der Waals surface area contributed by atoms with E-state index in [1.165, 1.54) is 4.90 Å². The molecule has 1 saturated heterocycles. The molecule has 1 amide bonds. The topological polar surface area (TPSA) is 20.3 Å². The molecule has 0 aromatic carbocycles. The molecule has 0 radical (unpaired) electrons. The van der Waals surface area contributed by atoms with Gasteiger partial charge in [0.05, 0.1) is 5.92 Å². The van der Waals surface area contributed by atoms with Crippen LogP contribution in [0.2, 0.25) is 0 Å². The third kappa shape index (κ3) is 3.42. The summed E-state index contributed by atoms with van der Waals surface area (Å²) in [7, 11) is 0. The monoisotopic (exact) mass is 283 g/mol. The van der Waals surface area contributed by atoms with Gasteiger partial charge in [0, 0.05) is 34.9 Å². The molecule has 0 N–H and O–H groups in total. The third-order valence-electron chi connectivity index (χ3n) is 2.40. The molecule has 0 aromatic rings. The number of carbonyl (C=O) groups is 1. The first-order chi connectivity index (χ1) is 6.95. The average molecular weight is 284 g/mol. The van der Waals surface area contributed by atoms with Crippen molar-refractivity contribution in [1.82, 2.24) is 4.90 Å². The van der Waals surface area contributed by atoms with E-state index in [1.54, 1.807) is 0 Å². The molecule has 1 heterocycles. The van der Waals surface area contributed by atoms with Crippen molar-refractivity contribution < 1.29 is 18.0 Å². The largest absolute Gasteiger partial charge is 0.391 e. The number of piperidine rings is 1. The van der Waals surface area contributed by atoms with Crippen molar-refractivity contribution in [1.29, 1.82) is 0 Å². The van der Waals surface area contributed by atoms with Gasteiger partial charge in [0.2, 0.25) is 0 Å². The van der Waals surface area contributed by atoms with Crippen LogP contribution in [0.5, 0.6) is 0 Å². The van der Waals surface area contributed by atoms with Crippen molar-refractivity contribution in [2.45, 2.75) is 19.0 Å². The first kappa shape index (κ1) is 12.4. The van der Waals surface area contributed by atoms with E-state index in [1.807, 2.05) is 0 Å². The van der Waals surface area contributed by atoms with Crippen LogP contribution in [0.25, 0.3) is 0 Å². The van der Waals surface area contributed by atoms with Gasteiger partial charge in [-0.25, -0.2) is 0 Å². The molecule has 1 rings (SSSR count). The van der Waals surface area contributed by atoms with E-state index < -0.39 is 18.0 Å². The van der Waals surface area contributed by atoms with E-state index in [-0.39, 0.29) is 25.9 Å². The van der Waals surface area contributed by atoms with Gasteiger partial charge in [-0.3, -0.25) is 4.79 Å². The van der Waals surface area contributed by atoms with Crippen LogP contribution >= 0.6 is 15.9 Å². The second-order valence-corrected chi connectivity index (χ2v) is 3.72. The van der Waals surface area contributed by atoms with Gasteiger partial charge in [-0.05, 0) is 17.7 Å². The van der Waals surface area contributed by atoms with E-state index in [0.29, 0.717) is 0 Å². The smallest absolute Gasteiger partial charge is 0.332 e. The van der Waals surface area contributed by atoms with Crippen LogP contribution < -0.4 is 0 Å². The fraction of sp³-hybridized carbons (Fsp3) is 0.667. The van der Waals surface area contributed by atoms with Gasteiger partial charge in [0.15, 0.2) is 0 Å². The molecule has 15 heavy (non-hydrogen) atoms. The minimum absolute atomic E-state index is 0.0286. The number of alkyl halides is 3. The zero-order valence-corrected chi connectivity index (χ0v) is 9.36. The highest BCUT2D eigenvalue weighted by Crippen LogP contribution is 2.33. The Bertz CT molecular complexity index is 297. The molecule has 84 valence electrons. The molecule has 0 aliphatic carbocycles. The van der Waals surface area contributed by atoms with Crippen LogP contribution in [0.4, 0.5) is 13.2 Å². The van der Waals surface area contributed by atoms with Crippen molar-refractivity contribution in [3.05, 3.63) is 0 Å². The van der Waals surface area contributed by atoms with Crippen LogP contribution in [0.1, 0.15) is 12.8 Å². The maximum absolute atomic E-state index is 12.3. The van der Waals surface area contributed by atoms with E-state index in [4.69, 9.17) is 0 Å². The molecule has 0 atom stereocenters. The zero-order valence-electron chi connectivity index (χ0n) is 7.77. The van der Waals surface area contributed by atoms with E-state index in [9.17, 15) is 18.0 Å². The highest BCUT2D eigenvalue weighted by Gasteiger charge is 2.41. The normalized spacial score (nSPS) is 18.3. The predicted octanol–water partition coefficient (Wildman–Crippen LogP) is 2.14. The molecule has 1 aliphatic rings. The molecular weight excluding hydrogens is 275 g/mol. The standard InChI is InChI=1S/C9H9BrF3NO/c10-4-1-8(15)14-5-2-7(3-6-14)9(11,12)13/h7H,2-3,5-6H2. The van der Waals surface area contributed by atoms with Crippen LogP contribution in [0.3, 0.4) is 0 Å². The molecule has 0 aromatic heterocycles. The number of likely N-dealkylation sites (tertiary alicyclic amines) is 1. The van der Waals surface area contributed by atoms with Crippen molar-refractivity contribution in [3.63, 3.8) is 0 Å². The lowest BCUT2D eigenvalue weighted by molar-refractivity contribution is -0.185. The molecule has 0 saturated carbocycles. The third-order valence-corrected chi connectivity index (χ3v) is 2.60. The fourth-order valence-electron chi connectivity index (χ4n) is 1.53. The van der Waals surface area contributed by atoms with Crippen LogP contribution in [-0.2, 0) is 4.79 Å². The Morgan fingerprint density at radius 3 is 2.27 bits per heavy atom. The molecule has 2 nitrogen and oxygen atoms in total. The number of amides is 1. The number of carbonyl (C=O) groups excluding carboxylic acids is 1. The summed E-state index contributed by atoms with van der Waals surface area (Å²) in [4.78, 5) is 14.8. The first-order valence-corrected chi connectivity index (χ1v) is 5.21. The summed E-state index contributed by atoms with van der Waals surface area (Å²) >= 11 is 2.77. The fourth-order valence-corrected chi connectivity index (χ4v) is 1.70. The predicted molar refractivity (Wildman–Crippen MR) is 52.1 cm³/mol. The summed E-state index contributed by atoms with van der Waals surface area (Å²) in [6, 6.07) is 0. The summed E-state index contributed by atoms with van der Waals surface area (Å²) in [5, 5.41) is 0. The second kappa shape index (κ2) is 4.88. The van der Waals surface area contributed by atoms with Crippen LogP contribution in [-0.4, -0.2) is 30.1 Å². The number of nitrogens with zero attached hydrogens (tertiary/aromatic N) is 1. The highest BCUT2D eigenvalue weighted by molar-refractivity contribution is 9.12. The second-order valence-electron chi connectivity index (χ2n) is 3.33. The van der Waals surface area contributed by atoms with Crippen molar-refractivity contribution in [3.8, 4) is 10.8 Å². The minimum Gasteiger partial charge on any atom is -0.332 e. The summed E-state index contributed by atoms with van der Waals surface area (Å²) in [6.45, 7) is 0.259. The highest BCUT2D eigenvalue weighted by atomic mass is 79.9. The lowest BCUT2D eigenvalue weighted by atomic mass is 9.96. The minimum atomic E-state index is -4.14. The summed E-state index contributed by atoms with van der Waals surface area (Å²) < 4.78 is 36.8. The summed E-state index contributed by atoms with van der Waals surface area (Å²) in [5.41, 5.74) is 0. The van der Waals surface area contributed by atoms with Gasteiger partial charge in [0.1, 0.15) is 0 Å². The van der Waals surface area contributed by atoms with Crippen molar-refractivity contribution in [2.24, 2.45) is 5.92 Å². The Balaban J connectivity index is 2.48. The Labute approximate surface area is 93.9 Å². The molecule has 0 spiro atoms. The SMILES string of the molecule is O=C(C#CBr)N1CCC(C(F)(F)F)CC1. The lowest BCUT2D eigenvalue weighted by Gasteiger charge is -2.31. The summed E-state index contributed by atoms with van der Waals surface area (Å²) in [5.74, 6) is 0.538.